The average Bonchev–Trinajstić information content (AvgIpc) is 2.30. The molecule has 0 saturated heterocycles. The molecule has 4 heteroatoms. The molecule has 0 aliphatic rings. The van der Waals surface area contributed by atoms with Gasteiger partial charge in [-0.1, -0.05) is 20.3 Å². The number of amides is 1. The number of nitrogens with one attached hydrogen (secondary N) is 1. The number of carbonyl (C=O) groups excluding carboxylic acids is 1. The summed E-state index contributed by atoms with van der Waals surface area (Å²) in [4.78, 5) is 15.8. The van der Waals surface area contributed by atoms with Crippen molar-refractivity contribution in [2.45, 2.75) is 33.2 Å². The van der Waals surface area contributed by atoms with Crippen molar-refractivity contribution in [2.24, 2.45) is 11.7 Å². The summed E-state index contributed by atoms with van der Waals surface area (Å²) in [7, 11) is 0. The Balaban J connectivity index is 2.68. The van der Waals surface area contributed by atoms with E-state index >= 15 is 0 Å². The molecule has 0 aliphatic heterocycles. The summed E-state index contributed by atoms with van der Waals surface area (Å²) >= 11 is 0. The molecule has 0 radical (unpaired) electrons. The number of hydrogen-bond donors (Lipinski definition) is 2. The molecule has 3 N–H and O–H groups in total. The molecule has 0 aliphatic carbocycles. The minimum atomic E-state index is -0.461. The van der Waals surface area contributed by atoms with Gasteiger partial charge in [-0.25, -0.2) is 0 Å². The van der Waals surface area contributed by atoms with E-state index in [1.54, 1.807) is 18.5 Å². The third-order valence-corrected chi connectivity index (χ3v) is 2.84. The van der Waals surface area contributed by atoms with E-state index in [4.69, 9.17) is 5.73 Å². The number of pyridine rings is 1. The number of hydrogen-bond acceptors (Lipinski definition) is 3. The van der Waals surface area contributed by atoms with Crippen molar-refractivity contribution in [1.29, 1.82) is 0 Å². The zero-order valence-corrected chi connectivity index (χ0v) is 10.0. The first-order valence-corrected chi connectivity index (χ1v) is 5.53. The normalized spacial score (nSPS) is 14.2. The van der Waals surface area contributed by atoms with Crippen molar-refractivity contribution in [1.82, 2.24) is 4.98 Å². The van der Waals surface area contributed by atoms with Crippen LogP contribution in [0.15, 0.2) is 18.5 Å². The van der Waals surface area contributed by atoms with Gasteiger partial charge in [-0.15, -0.1) is 0 Å². The van der Waals surface area contributed by atoms with Crippen molar-refractivity contribution in [2.75, 3.05) is 5.32 Å². The second kappa shape index (κ2) is 5.61. The molecule has 0 bridgehead atoms. The van der Waals surface area contributed by atoms with Crippen molar-refractivity contribution in [3.8, 4) is 0 Å². The Morgan fingerprint density at radius 1 is 1.62 bits per heavy atom. The van der Waals surface area contributed by atoms with Gasteiger partial charge >= 0.3 is 0 Å². The van der Waals surface area contributed by atoms with Crippen molar-refractivity contribution in [3.63, 3.8) is 0 Å². The number of rotatable bonds is 4. The summed E-state index contributed by atoms with van der Waals surface area (Å²) in [5.41, 5.74) is 7.56. The van der Waals surface area contributed by atoms with Crippen LogP contribution in [0, 0.1) is 12.8 Å². The van der Waals surface area contributed by atoms with E-state index in [2.05, 4.69) is 10.3 Å². The zero-order valence-electron chi connectivity index (χ0n) is 10.0. The second-order valence-corrected chi connectivity index (χ2v) is 4.09. The molecule has 1 unspecified atom stereocenters. The molecule has 0 aromatic carbocycles. The number of aryl methyl sites for hydroxylation is 1. The number of anilines is 1. The van der Waals surface area contributed by atoms with E-state index in [-0.39, 0.29) is 11.8 Å². The first-order chi connectivity index (χ1) is 7.56. The number of carbonyl (C=O) groups is 1. The topological polar surface area (TPSA) is 68.0 Å². The highest BCUT2D eigenvalue weighted by Gasteiger charge is 2.19. The Kier molecular flexibility index (Phi) is 4.43. The van der Waals surface area contributed by atoms with Crippen LogP contribution in [0.25, 0.3) is 0 Å². The van der Waals surface area contributed by atoms with Crippen molar-refractivity contribution in [3.05, 3.63) is 24.0 Å². The fourth-order valence-corrected chi connectivity index (χ4v) is 1.34. The largest absolute Gasteiger partial charge is 0.324 e. The molecule has 16 heavy (non-hydrogen) atoms. The van der Waals surface area contributed by atoms with Gasteiger partial charge in [-0.3, -0.25) is 9.78 Å². The van der Waals surface area contributed by atoms with Crippen LogP contribution in [-0.2, 0) is 4.79 Å². The minimum Gasteiger partial charge on any atom is -0.324 e. The molecule has 4 nitrogen and oxygen atoms in total. The maximum absolute atomic E-state index is 11.8. The number of nitrogens with two attached hydrogens (primary N) is 1. The fourth-order valence-electron chi connectivity index (χ4n) is 1.34. The van der Waals surface area contributed by atoms with E-state index in [0.29, 0.717) is 0 Å². The van der Waals surface area contributed by atoms with Crippen molar-refractivity contribution < 1.29 is 4.79 Å². The third kappa shape index (κ3) is 3.03. The van der Waals surface area contributed by atoms with Gasteiger partial charge in [0.05, 0.1) is 6.04 Å². The molecule has 1 heterocycles. The van der Waals surface area contributed by atoms with Crippen LogP contribution in [0.5, 0.6) is 0 Å². The number of aromatic nitrogens is 1. The first kappa shape index (κ1) is 12.6. The lowest BCUT2D eigenvalue weighted by Gasteiger charge is -2.18. The van der Waals surface area contributed by atoms with Crippen LogP contribution in [0.4, 0.5) is 5.69 Å². The lowest BCUT2D eigenvalue weighted by Crippen LogP contribution is -2.40. The monoisotopic (exact) mass is 221 g/mol. The van der Waals surface area contributed by atoms with E-state index in [0.717, 1.165) is 17.7 Å². The van der Waals surface area contributed by atoms with Gasteiger partial charge < -0.3 is 11.1 Å². The van der Waals surface area contributed by atoms with Crippen LogP contribution in [0.1, 0.15) is 25.8 Å². The molecular formula is C12H19N3O. The van der Waals surface area contributed by atoms with Gasteiger partial charge in [0.1, 0.15) is 0 Å². The van der Waals surface area contributed by atoms with Crippen molar-refractivity contribution >= 4 is 11.6 Å². The van der Waals surface area contributed by atoms with Gasteiger partial charge in [0.25, 0.3) is 0 Å². The summed E-state index contributed by atoms with van der Waals surface area (Å²) in [5.74, 6) is 0.0470. The highest BCUT2D eigenvalue weighted by Crippen LogP contribution is 2.13. The Hall–Kier alpha value is -1.42. The smallest absolute Gasteiger partial charge is 0.241 e. The Morgan fingerprint density at radius 3 is 2.88 bits per heavy atom. The molecule has 1 aromatic rings. The summed E-state index contributed by atoms with van der Waals surface area (Å²) in [6.07, 6.45) is 4.26. The van der Waals surface area contributed by atoms with E-state index in [1.165, 1.54) is 0 Å². The quantitative estimate of drug-likeness (QED) is 0.813. The van der Waals surface area contributed by atoms with Crippen LogP contribution >= 0.6 is 0 Å². The van der Waals surface area contributed by atoms with Crippen LogP contribution in [0.2, 0.25) is 0 Å². The third-order valence-electron chi connectivity index (χ3n) is 2.84. The van der Waals surface area contributed by atoms with E-state index < -0.39 is 6.04 Å². The molecule has 0 spiro atoms. The van der Waals surface area contributed by atoms with Gasteiger partial charge in [-0.05, 0) is 24.5 Å². The lowest BCUT2D eigenvalue weighted by molar-refractivity contribution is -0.118. The Morgan fingerprint density at radius 2 is 2.31 bits per heavy atom. The molecule has 2 atom stereocenters. The second-order valence-electron chi connectivity index (χ2n) is 4.09. The maximum atomic E-state index is 11.8. The highest BCUT2D eigenvalue weighted by atomic mass is 16.2. The minimum absolute atomic E-state index is 0.136. The SMILES string of the molecule is CCC(C)[C@H](N)C(=O)Nc1ccncc1C. The fraction of sp³-hybridized carbons (Fsp3) is 0.500. The van der Waals surface area contributed by atoms with Gasteiger partial charge in [0, 0.05) is 18.1 Å². The lowest BCUT2D eigenvalue weighted by atomic mass is 9.99. The molecule has 1 aromatic heterocycles. The van der Waals surface area contributed by atoms with Crippen LogP contribution < -0.4 is 11.1 Å². The zero-order chi connectivity index (χ0) is 12.1. The summed E-state index contributed by atoms with van der Waals surface area (Å²) in [6.45, 7) is 5.90. The van der Waals surface area contributed by atoms with E-state index in [9.17, 15) is 4.79 Å². The molecule has 88 valence electrons. The standard InChI is InChI=1S/C12H19N3O/c1-4-8(2)11(13)12(16)15-10-5-6-14-7-9(10)3/h5-8,11H,4,13H2,1-3H3,(H,14,15,16)/t8?,11-/m0/s1. The number of nitrogens with zero attached hydrogens (tertiary/aromatic N) is 1. The predicted molar refractivity (Wildman–Crippen MR) is 65.0 cm³/mol. The van der Waals surface area contributed by atoms with Crippen LogP contribution in [0.3, 0.4) is 0 Å². The summed E-state index contributed by atoms with van der Waals surface area (Å²) in [5, 5.41) is 2.82. The molecule has 1 rings (SSSR count). The van der Waals surface area contributed by atoms with Gasteiger partial charge in [-0.2, -0.15) is 0 Å². The molecule has 1 amide bonds. The Bertz CT molecular complexity index is 365. The summed E-state index contributed by atoms with van der Waals surface area (Å²) in [6, 6.07) is 1.31. The van der Waals surface area contributed by atoms with Gasteiger partial charge in [0.2, 0.25) is 5.91 Å². The predicted octanol–water partition coefficient (Wildman–Crippen LogP) is 1.70. The highest BCUT2D eigenvalue weighted by molar-refractivity contribution is 5.95. The molecule has 0 fully saturated rings. The van der Waals surface area contributed by atoms with E-state index in [1.807, 2.05) is 20.8 Å². The Labute approximate surface area is 96.3 Å². The van der Waals surface area contributed by atoms with Gasteiger partial charge in [0.15, 0.2) is 0 Å². The summed E-state index contributed by atoms with van der Waals surface area (Å²) < 4.78 is 0. The first-order valence-electron chi connectivity index (χ1n) is 5.53. The average molecular weight is 221 g/mol. The molecular weight excluding hydrogens is 202 g/mol. The molecule has 0 saturated carbocycles. The maximum Gasteiger partial charge on any atom is 0.241 e. The van der Waals surface area contributed by atoms with Crippen LogP contribution in [-0.4, -0.2) is 16.9 Å².